The van der Waals surface area contributed by atoms with Crippen LogP contribution < -0.4 is 14.8 Å². The molecule has 1 amide bonds. The molecule has 2 rings (SSSR count). The average molecular weight is 334 g/mol. The molecule has 0 aromatic heterocycles. The minimum absolute atomic E-state index is 0.315. The van der Waals surface area contributed by atoms with Crippen molar-refractivity contribution in [3.8, 4) is 5.75 Å². The summed E-state index contributed by atoms with van der Waals surface area (Å²) in [5.74, 6) is 0.378. The van der Waals surface area contributed by atoms with Crippen molar-refractivity contribution in [3.05, 3.63) is 53.6 Å². The predicted octanol–water partition coefficient (Wildman–Crippen LogP) is 2.63. The number of carbonyl (C=O) groups excluding carboxylic acids is 1. The molecule has 0 radical (unpaired) electrons. The molecule has 6 nitrogen and oxygen atoms in total. The van der Waals surface area contributed by atoms with Gasteiger partial charge in [0.25, 0.3) is 5.91 Å². The fraction of sp³-hybridized carbons (Fsp3) is 0.188. The van der Waals surface area contributed by atoms with E-state index in [0.29, 0.717) is 28.3 Å². The molecule has 0 aliphatic carbocycles. The van der Waals surface area contributed by atoms with Gasteiger partial charge in [0, 0.05) is 11.3 Å². The monoisotopic (exact) mass is 334 g/mol. The molecule has 0 aliphatic rings. The van der Waals surface area contributed by atoms with Crippen LogP contribution in [0, 0.1) is 6.92 Å². The Labute approximate surface area is 135 Å². The van der Waals surface area contributed by atoms with E-state index in [1.807, 2.05) is 0 Å². The van der Waals surface area contributed by atoms with E-state index < -0.39 is 10.0 Å². The first-order valence-corrected chi connectivity index (χ1v) is 8.72. The Morgan fingerprint density at radius 2 is 1.74 bits per heavy atom. The van der Waals surface area contributed by atoms with Crippen LogP contribution in [0.3, 0.4) is 0 Å². The third-order valence-corrected chi connectivity index (χ3v) is 3.81. The van der Waals surface area contributed by atoms with Crippen LogP contribution >= 0.6 is 0 Å². The molecule has 0 bridgehead atoms. The van der Waals surface area contributed by atoms with Crippen LogP contribution in [0.5, 0.6) is 5.75 Å². The lowest BCUT2D eigenvalue weighted by Gasteiger charge is -2.12. The molecule has 0 aliphatic heterocycles. The number of benzene rings is 2. The van der Waals surface area contributed by atoms with Gasteiger partial charge in [0.1, 0.15) is 5.75 Å². The fourth-order valence-corrected chi connectivity index (χ4v) is 2.69. The van der Waals surface area contributed by atoms with Crippen molar-refractivity contribution in [2.75, 3.05) is 23.4 Å². The molecule has 0 unspecified atom stereocenters. The highest BCUT2D eigenvalue weighted by Gasteiger charge is 2.14. The number of carbonyl (C=O) groups is 1. The second-order valence-electron chi connectivity index (χ2n) is 5.03. The molecule has 0 atom stereocenters. The number of ether oxygens (including phenoxy) is 1. The number of anilines is 2. The molecule has 0 fully saturated rings. The number of nitrogens with one attached hydrogen (secondary N) is 2. The van der Waals surface area contributed by atoms with Gasteiger partial charge in [-0.05, 0) is 48.9 Å². The summed E-state index contributed by atoms with van der Waals surface area (Å²) in [7, 11) is -1.84. The molecule has 2 N–H and O–H groups in total. The van der Waals surface area contributed by atoms with Crippen LogP contribution in [-0.2, 0) is 10.0 Å². The van der Waals surface area contributed by atoms with Crippen molar-refractivity contribution < 1.29 is 17.9 Å². The van der Waals surface area contributed by atoms with Crippen LogP contribution in [0.25, 0.3) is 0 Å². The van der Waals surface area contributed by atoms with E-state index in [9.17, 15) is 13.2 Å². The standard InChI is InChI=1S/C16H18N2O4S/c1-11-14(5-4-6-15(11)18-23(3,20)21)16(19)17-12-7-9-13(22-2)10-8-12/h4-10,18H,1-3H3,(H,17,19). The molecular weight excluding hydrogens is 316 g/mol. The minimum Gasteiger partial charge on any atom is -0.497 e. The Morgan fingerprint density at radius 3 is 2.30 bits per heavy atom. The predicted molar refractivity (Wildman–Crippen MR) is 90.6 cm³/mol. The molecule has 0 heterocycles. The van der Waals surface area contributed by atoms with Gasteiger partial charge in [-0.1, -0.05) is 6.07 Å². The lowest BCUT2D eigenvalue weighted by atomic mass is 10.1. The topological polar surface area (TPSA) is 84.5 Å². The zero-order chi connectivity index (χ0) is 17.0. The zero-order valence-electron chi connectivity index (χ0n) is 13.1. The summed E-state index contributed by atoms with van der Waals surface area (Å²) in [6.45, 7) is 1.69. The molecule has 122 valence electrons. The summed E-state index contributed by atoms with van der Waals surface area (Å²) < 4.78 is 30.2. The van der Waals surface area contributed by atoms with E-state index in [2.05, 4.69) is 10.0 Å². The van der Waals surface area contributed by atoms with Crippen molar-refractivity contribution in [3.63, 3.8) is 0 Å². The maximum absolute atomic E-state index is 12.4. The SMILES string of the molecule is COc1ccc(NC(=O)c2cccc(NS(C)(=O)=O)c2C)cc1. The zero-order valence-corrected chi connectivity index (χ0v) is 13.9. The smallest absolute Gasteiger partial charge is 0.256 e. The fourth-order valence-electron chi connectivity index (χ4n) is 2.06. The summed E-state index contributed by atoms with van der Waals surface area (Å²) >= 11 is 0. The maximum Gasteiger partial charge on any atom is 0.256 e. The number of sulfonamides is 1. The number of hydrogen-bond donors (Lipinski definition) is 2. The van der Waals surface area contributed by atoms with Gasteiger partial charge in [-0.3, -0.25) is 9.52 Å². The van der Waals surface area contributed by atoms with Crippen LogP contribution in [0.4, 0.5) is 11.4 Å². The highest BCUT2D eigenvalue weighted by Crippen LogP contribution is 2.22. The summed E-state index contributed by atoms with van der Waals surface area (Å²) in [4.78, 5) is 12.4. The van der Waals surface area contributed by atoms with Gasteiger partial charge in [-0.25, -0.2) is 8.42 Å². The highest BCUT2D eigenvalue weighted by molar-refractivity contribution is 7.92. The lowest BCUT2D eigenvalue weighted by molar-refractivity contribution is 0.102. The van der Waals surface area contributed by atoms with E-state index in [4.69, 9.17) is 4.74 Å². The molecule has 2 aromatic rings. The first-order valence-electron chi connectivity index (χ1n) is 6.83. The average Bonchev–Trinajstić information content (AvgIpc) is 2.49. The molecule has 23 heavy (non-hydrogen) atoms. The second-order valence-corrected chi connectivity index (χ2v) is 6.78. The van der Waals surface area contributed by atoms with Gasteiger partial charge in [-0.15, -0.1) is 0 Å². The molecule has 0 saturated carbocycles. The highest BCUT2D eigenvalue weighted by atomic mass is 32.2. The Balaban J connectivity index is 2.23. The molecular formula is C16H18N2O4S. The summed E-state index contributed by atoms with van der Waals surface area (Å²) in [6.07, 6.45) is 1.07. The van der Waals surface area contributed by atoms with Crippen molar-refractivity contribution in [2.24, 2.45) is 0 Å². The number of amides is 1. The number of methoxy groups -OCH3 is 1. The van der Waals surface area contributed by atoms with Crippen LogP contribution in [0.1, 0.15) is 15.9 Å². The largest absolute Gasteiger partial charge is 0.497 e. The molecule has 0 spiro atoms. The van der Waals surface area contributed by atoms with Gasteiger partial charge in [0.15, 0.2) is 0 Å². The van der Waals surface area contributed by atoms with E-state index >= 15 is 0 Å². The molecule has 7 heteroatoms. The molecule has 0 saturated heterocycles. The van der Waals surface area contributed by atoms with Crippen molar-refractivity contribution >= 4 is 27.3 Å². The summed E-state index contributed by atoms with van der Waals surface area (Å²) in [6, 6.07) is 11.8. The maximum atomic E-state index is 12.4. The van der Waals surface area contributed by atoms with Gasteiger partial charge in [0.2, 0.25) is 10.0 Å². The van der Waals surface area contributed by atoms with Crippen molar-refractivity contribution in [1.82, 2.24) is 0 Å². The summed E-state index contributed by atoms with van der Waals surface area (Å²) in [5.41, 5.74) is 1.96. The molecule has 2 aromatic carbocycles. The Bertz CT molecular complexity index is 814. The number of hydrogen-bond acceptors (Lipinski definition) is 4. The quantitative estimate of drug-likeness (QED) is 0.880. The lowest BCUT2D eigenvalue weighted by Crippen LogP contribution is -2.16. The van der Waals surface area contributed by atoms with Crippen molar-refractivity contribution in [1.29, 1.82) is 0 Å². The van der Waals surface area contributed by atoms with Crippen molar-refractivity contribution in [2.45, 2.75) is 6.92 Å². The third kappa shape index (κ3) is 4.46. The first kappa shape index (κ1) is 16.8. The Kier molecular flexibility index (Phi) is 4.90. The van der Waals surface area contributed by atoms with Gasteiger partial charge < -0.3 is 10.1 Å². The van der Waals surface area contributed by atoms with E-state index in [0.717, 1.165) is 6.26 Å². The van der Waals surface area contributed by atoms with Crippen LogP contribution in [0.15, 0.2) is 42.5 Å². The van der Waals surface area contributed by atoms with E-state index in [-0.39, 0.29) is 5.91 Å². The van der Waals surface area contributed by atoms with Gasteiger partial charge in [-0.2, -0.15) is 0 Å². The van der Waals surface area contributed by atoms with Crippen LogP contribution in [-0.4, -0.2) is 27.7 Å². The van der Waals surface area contributed by atoms with Gasteiger partial charge in [0.05, 0.1) is 19.1 Å². The second kappa shape index (κ2) is 6.70. The minimum atomic E-state index is -3.40. The Morgan fingerprint density at radius 1 is 1.09 bits per heavy atom. The Hall–Kier alpha value is -2.54. The normalized spacial score (nSPS) is 10.9. The van der Waals surface area contributed by atoms with Crippen LogP contribution in [0.2, 0.25) is 0 Å². The summed E-state index contributed by atoms with van der Waals surface area (Å²) in [5, 5.41) is 2.77. The van der Waals surface area contributed by atoms with E-state index in [1.54, 1.807) is 56.5 Å². The number of rotatable bonds is 5. The van der Waals surface area contributed by atoms with Gasteiger partial charge >= 0.3 is 0 Å². The first-order chi connectivity index (χ1) is 10.8. The third-order valence-electron chi connectivity index (χ3n) is 3.22. The van der Waals surface area contributed by atoms with E-state index in [1.165, 1.54) is 0 Å².